The van der Waals surface area contributed by atoms with Crippen molar-refractivity contribution in [1.29, 1.82) is 0 Å². The quantitative estimate of drug-likeness (QED) is 0.906. The van der Waals surface area contributed by atoms with Crippen LogP contribution in [0.5, 0.6) is 0 Å². The normalized spacial score (nSPS) is 13.2. The highest BCUT2D eigenvalue weighted by atomic mass is 32.2. The topological polar surface area (TPSA) is 85.1 Å². The number of primary sulfonamides is 1. The van der Waals surface area contributed by atoms with Gasteiger partial charge in [0.1, 0.15) is 0 Å². The van der Waals surface area contributed by atoms with Gasteiger partial charge < -0.3 is 5.32 Å². The fraction of sp³-hybridized carbons (Fsp3) is 0.250. The summed E-state index contributed by atoms with van der Waals surface area (Å²) in [7, 11) is -3.70. The molecule has 2 rings (SSSR count). The summed E-state index contributed by atoms with van der Waals surface area (Å²) >= 11 is 1.55. The van der Waals surface area contributed by atoms with Gasteiger partial charge in [0.15, 0.2) is 0 Å². The molecule has 19 heavy (non-hydrogen) atoms. The monoisotopic (exact) mass is 297 g/mol. The minimum atomic E-state index is -3.70. The number of nitrogens with one attached hydrogen (secondary N) is 1. The smallest absolute Gasteiger partial charge is 0.238 e. The second-order valence-electron chi connectivity index (χ2n) is 4.24. The van der Waals surface area contributed by atoms with E-state index in [-0.39, 0.29) is 10.9 Å². The summed E-state index contributed by atoms with van der Waals surface area (Å²) in [6.45, 7) is 3.73. The Hall–Kier alpha value is -1.44. The molecule has 7 heteroatoms. The van der Waals surface area contributed by atoms with E-state index in [1.54, 1.807) is 36.0 Å². The lowest BCUT2D eigenvalue weighted by Crippen LogP contribution is -2.15. The summed E-state index contributed by atoms with van der Waals surface area (Å²) in [5, 5.41) is 8.46. The molecule has 0 bridgehead atoms. The minimum Gasteiger partial charge on any atom is -0.377 e. The summed E-state index contributed by atoms with van der Waals surface area (Å²) in [5.74, 6) is 0. The zero-order chi connectivity index (χ0) is 14.0. The number of anilines is 1. The van der Waals surface area contributed by atoms with E-state index >= 15 is 0 Å². The van der Waals surface area contributed by atoms with Crippen molar-refractivity contribution in [2.24, 2.45) is 5.14 Å². The van der Waals surface area contributed by atoms with Crippen molar-refractivity contribution < 1.29 is 8.42 Å². The molecule has 3 N–H and O–H groups in total. The molecule has 0 fully saturated rings. The number of hydrogen-bond donors (Lipinski definition) is 2. The Bertz CT molecular complexity index is 666. The van der Waals surface area contributed by atoms with Gasteiger partial charge in [-0.1, -0.05) is 6.07 Å². The maximum Gasteiger partial charge on any atom is 0.238 e. The van der Waals surface area contributed by atoms with E-state index in [2.05, 4.69) is 10.3 Å². The third kappa shape index (κ3) is 3.12. The van der Waals surface area contributed by atoms with Gasteiger partial charge in [0.2, 0.25) is 10.0 Å². The Balaban J connectivity index is 2.32. The SMILES string of the molecule is Cc1c(NC(C)c2cncs2)cccc1S(N)(=O)=O. The first kappa shape index (κ1) is 14.0. The molecule has 0 aliphatic heterocycles. The van der Waals surface area contributed by atoms with Crippen LogP contribution in [0, 0.1) is 6.92 Å². The second kappa shape index (κ2) is 5.28. The lowest BCUT2D eigenvalue weighted by molar-refractivity contribution is 0.597. The molecule has 0 saturated carbocycles. The molecule has 0 aliphatic carbocycles. The molecule has 0 amide bonds. The van der Waals surface area contributed by atoms with Crippen LogP contribution in [-0.2, 0) is 10.0 Å². The van der Waals surface area contributed by atoms with Crippen molar-refractivity contribution >= 4 is 27.0 Å². The molecule has 1 atom stereocenters. The standard InChI is InChI=1S/C12H15N3O2S2/c1-8-10(4-3-5-12(8)19(13,16)17)15-9(2)11-6-14-7-18-11/h3-7,9,15H,1-2H3,(H2,13,16,17). The van der Waals surface area contributed by atoms with Crippen LogP contribution in [0.4, 0.5) is 5.69 Å². The zero-order valence-corrected chi connectivity index (χ0v) is 12.3. The van der Waals surface area contributed by atoms with Gasteiger partial charge in [-0.2, -0.15) is 0 Å². The molecule has 1 aromatic heterocycles. The van der Waals surface area contributed by atoms with Crippen LogP contribution in [0.25, 0.3) is 0 Å². The zero-order valence-electron chi connectivity index (χ0n) is 10.6. The van der Waals surface area contributed by atoms with Gasteiger partial charge in [-0.3, -0.25) is 4.98 Å². The van der Waals surface area contributed by atoms with Crippen LogP contribution in [0.3, 0.4) is 0 Å². The van der Waals surface area contributed by atoms with Crippen molar-refractivity contribution in [2.75, 3.05) is 5.32 Å². The number of nitrogens with zero attached hydrogens (tertiary/aromatic N) is 1. The molecule has 0 saturated heterocycles. The van der Waals surface area contributed by atoms with Gasteiger partial charge in [0, 0.05) is 16.8 Å². The van der Waals surface area contributed by atoms with Crippen LogP contribution < -0.4 is 10.5 Å². The van der Waals surface area contributed by atoms with Crippen molar-refractivity contribution in [3.63, 3.8) is 0 Å². The molecule has 1 unspecified atom stereocenters. The number of hydrogen-bond acceptors (Lipinski definition) is 5. The highest BCUT2D eigenvalue weighted by Gasteiger charge is 2.15. The Morgan fingerprint density at radius 3 is 2.74 bits per heavy atom. The van der Waals surface area contributed by atoms with Gasteiger partial charge in [-0.25, -0.2) is 13.6 Å². The van der Waals surface area contributed by atoms with Crippen LogP contribution in [-0.4, -0.2) is 13.4 Å². The number of rotatable bonds is 4. The van der Waals surface area contributed by atoms with E-state index in [0.29, 0.717) is 5.56 Å². The first-order valence-corrected chi connectivity index (χ1v) is 8.09. The van der Waals surface area contributed by atoms with Gasteiger partial charge in [-0.05, 0) is 31.5 Å². The second-order valence-corrected chi connectivity index (χ2v) is 6.69. The molecule has 1 aromatic carbocycles. The van der Waals surface area contributed by atoms with Gasteiger partial charge >= 0.3 is 0 Å². The fourth-order valence-electron chi connectivity index (χ4n) is 1.82. The Morgan fingerprint density at radius 2 is 2.16 bits per heavy atom. The molecule has 0 aliphatic rings. The van der Waals surface area contributed by atoms with E-state index in [9.17, 15) is 8.42 Å². The number of benzene rings is 1. The Labute approximate surface area is 116 Å². The fourth-order valence-corrected chi connectivity index (χ4v) is 3.26. The van der Waals surface area contributed by atoms with E-state index in [1.807, 2.05) is 13.0 Å². The highest BCUT2D eigenvalue weighted by molar-refractivity contribution is 7.89. The summed E-state index contributed by atoms with van der Waals surface area (Å²) in [6, 6.07) is 5.07. The van der Waals surface area contributed by atoms with Crippen molar-refractivity contribution in [3.05, 3.63) is 40.3 Å². The molecular formula is C12H15N3O2S2. The van der Waals surface area contributed by atoms with Crippen molar-refractivity contribution in [2.45, 2.75) is 24.8 Å². The third-order valence-electron chi connectivity index (χ3n) is 2.84. The Morgan fingerprint density at radius 1 is 1.42 bits per heavy atom. The predicted molar refractivity (Wildman–Crippen MR) is 76.7 cm³/mol. The summed E-state index contributed by atoms with van der Waals surface area (Å²) in [4.78, 5) is 5.26. The molecule has 102 valence electrons. The van der Waals surface area contributed by atoms with E-state index in [1.165, 1.54) is 6.07 Å². The molecule has 0 radical (unpaired) electrons. The summed E-state index contributed by atoms with van der Waals surface area (Å²) < 4.78 is 22.9. The third-order valence-corrected chi connectivity index (χ3v) is 4.85. The van der Waals surface area contributed by atoms with Crippen LogP contribution in [0.15, 0.2) is 34.8 Å². The van der Waals surface area contributed by atoms with Gasteiger partial charge in [0.05, 0.1) is 16.4 Å². The van der Waals surface area contributed by atoms with Crippen LogP contribution in [0.1, 0.15) is 23.4 Å². The van der Waals surface area contributed by atoms with Crippen molar-refractivity contribution in [1.82, 2.24) is 4.98 Å². The first-order chi connectivity index (χ1) is 8.89. The van der Waals surface area contributed by atoms with E-state index in [0.717, 1.165) is 10.6 Å². The largest absolute Gasteiger partial charge is 0.377 e. The number of nitrogens with two attached hydrogens (primary N) is 1. The molecule has 5 nitrogen and oxygen atoms in total. The lowest BCUT2D eigenvalue weighted by atomic mass is 10.1. The summed E-state index contributed by atoms with van der Waals surface area (Å²) in [5.41, 5.74) is 3.15. The maximum absolute atomic E-state index is 11.5. The number of sulfonamides is 1. The molecular weight excluding hydrogens is 282 g/mol. The predicted octanol–water partition coefficient (Wildman–Crippen LogP) is 2.27. The lowest BCUT2D eigenvalue weighted by Gasteiger charge is -2.16. The van der Waals surface area contributed by atoms with Gasteiger partial charge in [0.25, 0.3) is 0 Å². The molecule has 2 aromatic rings. The average Bonchev–Trinajstić information content (AvgIpc) is 2.83. The summed E-state index contributed by atoms with van der Waals surface area (Å²) in [6.07, 6.45) is 1.79. The number of aromatic nitrogens is 1. The van der Waals surface area contributed by atoms with Crippen LogP contribution >= 0.6 is 11.3 Å². The molecule has 1 heterocycles. The first-order valence-electron chi connectivity index (χ1n) is 5.67. The van der Waals surface area contributed by atoms with Crippen molar-refractivity contribution in [3.8, 4) is 0 Å². The Kier molecular flexibility index (Phi) is 3.88. The van der Waals surface area contributed by atoms with E-state index < -0.39 is 10.0 Å². The maximum atomic E-state index is 11.5. The average molecular weight is 297 g/mol. The molecule has 0 spiro atoms. The highest BCUT2D eigenvalue weighted by Crippen LogP contribution is 2.27. The minimum absolute atomic E-state index is 0.0573. The van der Waals surface area contributed by atoms with Gasteiger partial charge in [-0.15, -0.1) is 11.3 Å². The number of thiazole rings is 1. The van der Waals surface area contributed by atoms with Crippen LogP contribution in [0.2, 0.25) is 0 Å². The van der Waals surface area contributed by atoms with E-state index in [4.69, 9.17) is 5.14 Å².